The van der Waals surface area contributed by atoms with E-state index in [0.717, 1.165) is 79.6 Å². The van der Waals surface area contributed by atoms with Gasteiger partial charge in [-0.3, -0.25) is 0 Å². The normalized spacial score (nSPS) is 13.1. The average Bonchev–Trinajstić information content (AvgIpc) is 3.73. The van der Waals surface area contributed by atoms with Crippen molar-refractivity contribution in [3.05, 3.63) is 170 Å². The highest BCUT2D eigenvalue weighted by molar-refractivity contribution is 6.14. The van der Waals surface area contributed by atoms with Crippen molar-refractivity contribution >= 4 is 49.3 Å². The highest BCUT2D eigenvalue weighted by Gasteiger charge is 2.19. The molecular formula is C46H31N3O. The molecule has 0 atom stereocenters. The number of allylic oxidation sites excluding steroid dienone is 4. The van der Waals surface area contributed by atoms with E-state index in [-0.39, 0.29) is 0 Å². The molecule has 3 heterocycles. The van der Waals surface area contributed by atoms with Gasteiger partial charge in [0.25, 0.3) is 0 Å². The van der Waals surface area contributed by atoms with Gasteiger partial charge in [0.2, 0.25) is 0 Å². The summed E-state index contributed by atoms with van der Waals surface area (Å²) in [6, 6.07) is 51.2. The van der Waals surface area contributed by atoms with Crippen LogP contribution < -0.4 is 0 Å². The summed E-state index contributed by atoms with van der Waals surface area (Å²) in [4.78, 5) is 10.2. The lowest BCUT2D eigenvalue weighted by molar-refractivity contribution is 0.668. The molecule has 1 aliphatic carbocycles. The highest BCUT2D eigenvalue weighted by atomic mass is 16.3. The summed E-state index contributed by atoms with van der Waals surface area (Å²) in [5, 5.41) is 4.57. The fourth-order valence-electron chi connectivity index (χ4n) is 7.48. The Bertz CT molecular complexity index is 2800. The first-order chi connectivity index (χ1) is 24.8. The zero-order chi connectivity index (χ0) is 33.0. The van der Waals surface area contributed by atoms with E-state index in [2.05, 4.69) is 150 Å². The number of furan rings is 1. The Labute approximate surface area is 289 Å². The standard InChI is InChI=1S/C46H31N3O/c1-4-13-30(14-5-1)33-23-25-36-35-19-10-11-21-41(35)49(42(36)27-33)34-24-26-38-44(28-34)50-43-22-12-20-37(45(38)43)40-29-39(31-15-6-2-7-16-31)47-46(48-40)32-17-8-3-9-18-32/h1,3-6,8-29H,2,7H2. The second-order valence-corrected chi connectivity index (χ2v) is 12.9. The molecule has 0 saturated heterocycles. The summed E-state index contributed by atoms with van der Waals surface area (Å²) in [6.45, 7) is 0. The maximum Gasteiger partial charge on any atom is 0.160 e. The Morgan fingerprint density at radius 2 is 1.28 bits per heavy atom. The molecule has 0 aliphatic heterocycles. The minimum absolute atomic E-state index is 0.714. The number of benzene rings is 6. The van der Waals surface area contributed by atoms with Gasteiger partial charge in [0.05, 0.1) is 22.4 Å². The van der Waals surface area contributed by atoms with E-state index >= 15 is 0 Å². The number of nitrogens with zero attached hydrogens (tertiary/aromatic N) is 3. The molecule has 0 fully saturated rings. The fourth-order valence-corrected chi connectivity index (χ4v) is 7.48. The van der Waals surface area contributed by atoms with Crippen molar-refractivity contribution in [1.82, 2.24) is 14.5 Å². The SMILES string of the molecule is C1=CC(c2cc(-c3cccc4oc5cc(-n6c7ccccc7c7ccc(-c8ccccc8)cc76)ccc5c34)nc(-c3ccccc3)n2)=CCC1. The molecule has 3 aromatic heterocycles. The fraction of sp³-hybridized carbons (Fsp3) is 0.0435. The topological polar surface area (TPSA) is 43.9 Å². The molecule has 0 N–H and O–H groups in total. The van der Waals surface area contributed by atoms with Crippen molar-refractivity contribution in [3.63, 3.8) is 0 Å². The number of aromatic nitrogens is 3. The largest absolute Gasteiger partial charge is 0.456 e. The van der Waals surface area contributed by atoms with Gasteiger partial charge in [-0.15, -0.1) is 0 Å². The first kappa shape index (κ1) is 28.5. The quantitative estimate of drug-likeness (QED) is 0.188. The van der Waals surface area contributed by atoms with Crippen LogP contribution in [0.2, 0.25) is 0 Å². The van der Waals surface area contributed by atoms with Crippen LogP contribution in [0.3, 0.4) is 0 Å². The Morgan fingerprint density at radius 1 is 0.520 bits per heavy atom. The molecule has 10 rings (SSSR count). The van der Waals surface area contributed by atoms with Crippen LogP contribution in [0.5, 0.6) is 0 Å². The van der Waals surface area contributed by atoms with Crippen LogP contribution in [0, 0.1) is 0 Å². The van der Waals surface area contributed by atoms with Gasteiger partial charge in [-0.05, 0) is 65.9 Å². The van der Waals surface area contributed by atoms with E-state index in [1.165, 1.54) is 21.9 Å². The van der Waals surface area contributed by atoms with Crippen molar-refractivity contribution in [1.29, 1.82) is 0 Å². The van der Waals surface area contributed by atoms with Gasteiger partial charge in [-0.2, -0.15) is 0 Å². The molecule has 0 bridgehead atoms. The minimum Gasteiger partial charge on any atom is -0.456 e. The van der Waals surface area contributed by atoms with Crippen LogP contribution in [-0.2, 0) is 0 Å². The first-order valence-electron chi connectivity index (χ1n) is 17.1. The lowest BCUT2D eigenvalue weighted by Crippen LogP contribution is -1.99. The van der Waals surface area contributed by atoms with Crippen LogP contribution in [0.1, 0.15) is 18.5 Å². The molecule has 236 valence electrons. The van der Waals surface area contributed by atoms with Crippen LogP contribution in [0.4, 0.5) is 0 Å². The van der Waals surface area contributed by atoms with Gasteiger partial charge in [-0.1, -0.05) is 121 Å². The minimum atomic E-state index is 0.714. The summed E-state index contributed by atoms with van der Waals surface area (Å²) in [6.07, 6.45) is 8.74. The highest BCUT2D eigenvalue weighted by Crippen LogP contribution is 2.40. The van der Waals surface area contributed by atoms with E-state index in [9.17, 15) is 0 Å². The molecule has 0 unspecified atom stereocenters. The van der Waals surface area contributed by atoms with Crippen molar-refractivity contribution in [3.8, 4) is 39.5 Å². The molecule has 50 heavy (non-hydrogen) atoms. The summed E-state index contributed by atoms with van der Waals surface area (Å²) in [7, 11) is 0. The Morgan fingerprint density at radius 3 is 2.12 bits per heavy atom. The second-order valence-electron chi connectivity index (χ2n) is 12.9. The third-order valence-corrected chi connectivity index (χ3v) is 9.84. The summed E-state index contributed by atoms with van der Waals surface area (Å²) in [5.74, 6) is 0.714. The van der Waals surface area contributed by atoms with Gasteiger partial charge in [-0.25, -0.2) is 9.97 Å². The molecule has 9 aromatic rings. The molecule has 0 radical (unpaired) electrons. The van der Waals surface area contributed by atoms with Crippen LogP contribution in [0.15, 0.2) is 168 Å². The van der Waals surface area contributed by atoms with Gasteiger partial charge in [0.1, 0.15) is 11.2 Å². The Balaban J connectivity index is 1.17. The van der Waals surface area contributed by atoms with E-state index in [1.54, 1.807) is 0 Å². The molecule has 4 heteroatoms. The summed E-state index contributed by atoms with van der Waals surface area (Å²) >= 11 is 0. The number of hydrogen-bond donors (Lipinski definition) is 0. The van der Waals surface area contributed by atoms with E-state index in [0.29, 0.717) is 5.82 Å². The van der Waals surface area contributed by atoms with Gasteiger partial charge in [0, 0.05) is 44.4 Å². The maximum absolute atomic E-state index is 6.65. The Kier molecular flexibility index (Phi) is 6.59. The van der Waals surface area contributed by atoms with E-state index in [1.807, 2.05) is 18.2 Å². The van der Waals surface area contributed by atoms with Crippen molar-refractivity contribution < 1.29 is 4.42 Å². The molecule has 0 amide bonds. The first-order valence-corrected chi connectivity index (χ1v) is 17.1. The zero-order valence-electron chi connectivity index (χ0n) is 27.3. The average molecular weight is 642 g/mol. The van der Waals surface area contributed by atoms with Crippen LogP contribution in [0.25, 0.3) is 88.8 Å². The molecule has 0 saturated carbocycles. The van der Waals surface area contributed by atoms with Crippen molar-refractivity contribution in [2.24, 2.45) is 0 Å². The van der Waals surface area contributed by atoms with Crippen molar-refractivity contribution in [2.45, 2.75) is 12.8 Å². The summed E-state index contributed by atoms with van der Waals surface area (Å²) < 4.78 is 9.01. The number of fused-ring (bicyclic) bond motifs is 6. The summed E-state index contributed by atoms with van der Waals surface area (Å²) in [5.41, 5.74) is 12.4. The smallest absolute Gasteiger partial charge is 0.160 e. The predicted molar refractivity (Wildman–Crippen MR) is 206 cm³/mol. The number of hydrogen-bond acceptors (Lipinski definition) is 3. The maximum atomic E-state index is 6.65. The van der Waals surface area contributed by atoms with Gasteiger partial charge >= 0.3 is 0 Å². The molecule has 4 nitrogen and oxygen atoms in total. The van der Waals surface area contributed by atoms with E-state index in [4.69, 9.17) is 14.4 Å². The van der Waals surface area contributed by atoms with Crippen LogP contribution in [-0.4, -0.2) is 14.5 Å². The number of rotatable bonds is 5. The lowest BCUT2D eigenvalue weighted by atomic mass is 9.99. The molecular weight excluding hydrogens is 611 g/mol. The predicted octanol–water partition coefficient (Wildman–Crippen LogP) is 12.2. The van der Waals surface area contributed by atoms with Crippen LogP contribution >= 0.6 is 0 Å². The third-order valence-electron chi connectivity index (χ3n) is 9.84. The van der Waals surface area contributed by atoms with Gasteiger partial charge in [0.15, 0.2) is 5.82 Å². The third kappa shape index (κ3) is 4.68. The number of para-hydroxylation sites is 1. The van der Waals surface area contributed by atoms with E-state index < -0.39 is 0 Å². The lowest BCUT2D eigenvalue weighted by Gasteiger charge is -2.12. The zero-order valence-corrected chi connectivity index (χ0v) is 27.3. The molecule has 1 aliphatic rings. The Hall–Kier alpha value is -6.52. The second kappa shape index (κ2) is 11.6. The van der Waals surface area contributed by atoms with Gasteiger partial charge < -0.3 is 8.98 Å². The monoisotopic (exact) mass is 641 g/mol. The molecule has 6 aromatic carbocycles. The van der Waals surface area contributed by atoms with Crippen molar-refractivity contribution in [2.75, 3.05) is 0 Å². The molecule has 0 spiro atoms.